The van der Waals surface area contributed by atoms with Crippen molar-refractivity contribution in [2.24, 2.45) is 0 Å². The third-order valence-corrected chi connectivity index (χ3v) is 5.57. The van der Waals surface area contributed by atoms with E-state index >= 15 is 0 Å². The number of rotatable bonds is 6. The summed E-state index contributed by atoms with van der Waals surface area (Å²) in [5.41, 5.74) is 0. The van der Waals surface area contributed by atoms with Gasteiger partial charge in [0.2, 0.25) is 0 Å². The molecule has 0 aromatic rings. The van der Waals surface area contributed by atoms with Crippen molar-refractivity contribution in [3.63, 3.8) is 0 Å². The first-order valence-corrected chi connectivity index (χ1v) is 8.51. The molecule has 0 bridgehead atoms. The molecule has 19 heavy (non-hydrogen) atoms. The van der Waals surface area contributed by atoms with Gasteiger partial charge < -0.3 is 4.74 Å². The second-order valence-electron chi connectivity index (χ2n) is 4.87. The first-order valence-electron chi connectivity index (χ1n) is 6.80. The van der Waals surface area contributed by atoms with Crippen LogP contribution in [0, 0.1) is 11.3 Å². The molecular weight excluding hydrogens is 266 g/mol. The van der Waals surface area contributed by atoms with Crippen molar-refractivity contribution in [3.8, 4) is 6.07 Å². The zero-order valence-corrected chi connectivity index (χ0v) is 12.1. The van der Waals surface area contributed by atoms with Gasteiger partial charge >= 0.3 is 5.97 Å². The molecule has 1 rings (SSSR count). The van der Waals surface area contributed by atoms with Crippen molar-refractivity contribution in [2.45, 2.75) is 63.2 Å². The largest absolute Gasteiger partial charge is 0.461 e. The second-order valence-corrected chi connectivity index (χ2v) is 7.17. The number of ether oxygens (including phenoxy) is 1. The Balaban J connectivity index is 2.63. The van der Waals surface area contributed by atoms with Gasteiger partial charge in [-0.2, -0.15) is 5.26 Å². The summed E-state index contributed by atoms with van der Waals surface area (Å²) in [7, 11) is -3.58. The fraction of sp³-hybridized carbons (Fsp3) is 0.846. The molecule has 1 aliphatic rings. The van der Waals surface area contributed by atoms with Gasteiger partial charge in [0.1, 0.15) is 6.10 Å². The Kier molecular flexibility index (Phi) is 6.29. The van der Waals surface area contributed by atoms with Gasteiger partial charge in [0.05, 0.1) is 11.8 Å². The van der Waals surface area contributed by atoms with E-state index in [-0.39, 0.29) is 24.7 Å². The minimum Gasteiger partial charge on any atom is -0.461 e. The van der Waals surface area contributed by atoms with Gasteiger partial charge in [-0.1, -0.05) is 13.3 Å². The fourth-order valence-electron chi connectivity index (χ4n) is 2.32. The first kappa shape index (κ1) is 16.0. The summed E-state index contributed by atoms with van der Waals surface area (Å²) in [6.45, 7) is 1.65. The lowest BCUT2D eigenvalue weighted by Crippen LogP contribution is -2.36. The van der Waals surface area contributed by atoms with Crippen LogP contribution in [0.5, 0.6) is 0 Å². The van der Waals surface area contributed by atoms with Crippen molar-refractivity contribution < 1.29 is 17.9 Å². The zero-order valence-electron chi connectivity index (χ0n) is 11.3. The van der Waals surface area contributed by atoms with E-state index in [1.807, 2.05) is 0 Å². The number of esters is 1. The SMILES string of the molecule is CCC(C(=O)OC1CCCCC1)S(=O)(=O)CCC#N. The molecule has 1 aliphatic carbocycles. The molecule has 0 aromatic carbocycles. The van der Waals surface area contributed by atoms with Crippen molar-refractivity contribution in [2.75, 3.05) is 5.75 Å². The molecule has 0 aromatic heterocycles. The molecule has 0 saturated heterocycles. The summed E-state index contributed by atoms with van der Waals surface area (Å²) in [5, 5.41) is 7.33. The molecule has 1 saturated carbocycles. The lowest BCUT2D eigenvalue weighted by Gasteiger charge is -2.24. The summed E-state index contributed by atoms with van der Waals surface area (Å²) < 4.78 is 29.2. The number of hydrogen-bond donors (Lipinski definition) is 0. The van der Waals surface area contributed by atoms with Crippen LogP contribution in [-0.2, 0) is 19.4 Å². The van der Waals surface area contributed by atoms with E-state index in [2.05, 4.69) is 0 Å². The minimum atomic E-state index is -3.58. The minimum absolute atomic E-state index is 0.0878. The standard InChI is InChI=1S/C13H21NO4S/c1-2-12(19(16,17)10-6-9-14)13(15)18-11-7-4-3-5-8-11/h11-12H,2-8,10H2,1H3. The third kappa shape index (κ3) is 4.83. The van der Waals surface area contributed by atoms with Gasteiger partial charge in [-0.25, -0.2) is 8.42 Å². The highest BCUT2D eigenvalue weighted by Crippen LogP contribution is 2.22. The van der Waals surface area contributed by atoms with Gasteiger partial charge in [-0.15, -0.1) is 0 Å². The molecule has 0 N–H and O–H groups in total. The lowest BCUT2D eigenvalue weighted by molar-refractivity contribution is -0.150. The van der Waals surface area contributed by atoms with Gasteiger partial charge in [0.25, 0.3) is 0 Å². The Morgan fingerprint density at radius 1 is 1.37 bits per heavy atom. The predicted molar refractivity (Wildman–Crippen MR) is 71.1 cm³/mol. The van der Waals surface area contributed by atoms with Crippen LogP contribution in [0.1, 0.15) is 51.9 Å². The monoisotopic (exact) mass is 287 g/mol. The highest BCUT2D eigenvalue weighted by Gasteiger charge is 2.33. The van der Waals surface area contributed by atoms with Crippen molar-refractivity contribution in [1.29, 1.82) is 5.26 Å². The maximum atomic E-state index is 12.0. The third-order valence-electron chi connectivity index (χ3n) is 3.40. The topological polar surface area (TPSA) is 84.2 Å². The Bertz CT molecular complexity index is 432. The molecular formula is C13H21NO4S. The highest BCUT2D eigenvalue weighted by molar-refractivity contribution is 7.92. The molecule has 5 nitrogen and oxygen atoms in total. The van der Waals surface area contributed by atoms with E-state index in [0.717, 1.165) is 32.1 Å². The number of carbonyl (C=O) groups is 1. The Hall–Kier alpha value is -1.09. The second kappa shape index (κ2) is 7.49. The van der Waals surface area contributed by atoms with E-state index in [1.165, 1.54) is 0 Å². The van der Waals surface area contributed by atoms with Gasteiger partial charge in [-0.05, 0) is 32.1 Å². The number of carbonyl (C=O) groups excluding carboxylic acids is 1. The van der Waals surface area contributed by atoms with E-state index in [1.54, 1.807) is 13.0 Å². The Morgan fingerprint density at radius 3 is 2.53 bits per heavy atom. The normalized spacial score (nSPS) is 18.5. The average Bonchev–Trinajstić information content (AvgIpc) is 2.38. The molecule has 108 valence electrons. The van der Waals surface area contributed by atoms with Crippen molar-refractivity contribution >= 4 is 15.8 Å². The van der Waals surface area contributed by atoms with Crippen LogP contribution >= 0.6 is 0 Å². The number of sulfone groups is 1. The lowest BCUT2D eigenvalue weighted by atomic mass is 9.98. The molecule has 6 heteroatoms. The van der Waals surface area contributed by atoms with E-state index in [4.69, 9.17) is 10.00 Å². The van der Waals surface area contributed by atoms with Crippen LogP contribution in [0.25, 0.3) is 0 Å². The summed E-state index contributed by atoms with van der Waals surface area (Å²) >= 11 is 0. The maximum Gasteiger partial charge on any atom is 0.324 e. The molecule has 0 aliphatic heterocycles. The summed E-state index contributed by atoms with van der Waals surface area (Å²) in [6.07, 6.45) is 4.80. The smallest absolute Gasteiger partial charge is 0.324 e. The van der Waals surface area contributed by atoms with E-state index in [0.29, 0.717) is 0 Å². The van der Waals surface area contributed by atoms with Gasteiger partial charge in [0, 0.05) is 6.42 Å². The number of nitrogens with zero attached hydrogens (tertiary/aromatic N) is 1. The Morgan fingerprint density at radius 2 is 2.00 bits per heavy atom. The van der Waals surface area contributed by atoms with Crippen LogP contribution in [-0.4, -0.2) is 31.5 Å². The van der Waals surface area contributed by atoms with Crippen LogP contribution in [0.2, 0.25) is 0 Å². The molecule has 0 radical (unpaired) electrons. The summed E-state index contributed by atoms with van der Waals surface area (Å²) in [4.78, 5) is 12.0. The molecule has 0 spiro atoms. The molecule has 0 amide bonds. The van der Waals surface area contributed by atoms with Crippen molar-refractivity contribution in [3.05, 3.63) is 0 Å². The number of nitriles is 1. The molecule has 0 heterocycles. The van der Waals surface area contributed by atoms with E-state index in [9.17, 15) is 13.2 Å². The summed E-state index contributed by atoms with van der Waals surface area (Å²) in [6, 6.07) is 1.79. The van der Waals surface area contributed by atoms with Crippen LogP contribution < -0.4 is 0 Å². The van der Waals surface area contributed by atoms with Gasteiger partial charge in [-0.3, -0.25) is 4.79 Å². The fourth-order valence-corrected chi connectivity index (χ4v) is 3.84. The molecule has 1 unspecified atom stereocenters. The average molecular weight is 287 g/mol. The van der Waals surface area contributed by atoms with Crippen molar-refractivity contribution in [1.82, 2.24) is 0 Å². The molecule has 1 fully saturated rings. The first-order chi connectivity index (χ1) is 9.01. The van der Waals surface area contributed by atoms with Crippen LogP contribution in [0.15, 0.2) is 0 Å². The van der Waals surface area contributed by atoms with Gasteiger partial charge in [0.15, 0.2) is 15.1 Å². The predicted octanol–water partition coefficient (Wildman–Crippen LogP) is 1.97. The maximum absolute atomic E-state index is 12.0. The molecule has 1 atom stereocenters. The Labute approximate surface area is 114 Å². The number of hydrogen-bond acceptors (Lipinski definition) is 5. The quantitative estimate of drug-likeness (QED) is 0.697. The van der Waals surface area contributed by atoms with E-state index < -0.39 is 21.1 Å². The van der Waals surface area contributed by atoms with Crippen LogP contribution in [0.3, 0.4) is 0 Å². The highest BCUT2D eigenvalue weighted by atomic mass is 32.2. The van der Waals surface area contributed by atoms with Crippen LogP contribution in [0.4, 0.5) is 0 Å². The summed E-state index contributed by atoms with van der Waals surface area (Å²) in [5.74, 6) is -0.922. The zero-order chi connectivity index (χ0) is 14.3.